The van der Waals surface area contributed by atoms with E-state index in [4.69, 9.17) is 0 Å². The van der Waals surface area contributed by atoms with Gasteiger partial charge in [-0.3, -0.25) is 9.80 Å². The average molecular weight is 343 g/mol. The number of hydrogen-bond acceptors (Lipinski definition) is 5. The van der Waals surface area contributed by atoms with Gasteiger partial charge in [-0.2, -0.15) is 0 Å². The van der Waals surface area contributed by atoms with Crippen molar-refractivity contribution in [2.75, 3.05) is 26.2 Å². The largest absolute Gasteiger partial charge is 0.348 e. The zero-order valence-electron chi connectivity index (χ0n) is 15.2. The molecule has 4 rings (SSSR count). The maximum Gasteiger partial charge on any atom is 0.146 e. The van der Waals surface area contributed by atoms with Crippen molar-refractivity contribution in [3.8, 4) is 0 Å². The first-order valence-electron chi connectivity index (χ1n) is 9.61. The fourth-order valence-electron chi connectivity index (χ4n) is 4.13. The molecule has 0 radical (unpaired) electrons. The number of likely N-dealkylation sites (tertiary alicyclic amines) is 2. The number of H-pyrrole nitrogens is 1. The Labute approximate surface area is 149 Å². The van der Waals surface area contributed by atoms with E-state index in [0.717, 1.165) is 50.7 Å². The molecule has 7 heteroatoms. The molecular weight excluding hydrogens is 314 g/mol. The van der Waals surface area contributed by atoms with Gasteiger partial charge in [0.15, 0.2) is 0 Å². The molecule has 4 heterocycles. The van der Waals surface area contributed by atoms with Gasteiger partial charge in [-0.15, -0.1) is 10.2 Å². The molecule has 0 bridgehead atoms. The van der Waals surface area contributed by atoms with E-state index >= 15 is 0 Å². The van der Waals surface area contributed by atoms with E-state index in [2.05, 4.69) is 41.6 Å². The van der Waals surface area contributed by atoms with Crippen LogP contribution in [0.3, 0.4) is 0 Å². The lowest BCUT2D eigenvalue weighted by atomic mass is 9.96. The highest BCUT2D eigenvalue weighted by atomic mass is 15.3. The van der Waals surface area contributed by atoms with Crippen LogP contribution in [0.1, 0.15) is 55.5 Å². The van der Waals surface area contributed by atoms with Crippen LogP contribution in [0.25, 0.3) is 0 Å². The summed E-state index contributed by atoms with van der Waals surface area (Å²) in [5.41, 5.74) is 0. The maximum atomic E-state index is 4.55. The van der Waals surface area contributed by atoms with Crippen molar-refractivity contribution in [2.45, 2.75) is 51.1 Å². The fourth-order valence-corrected chi connectivity index (χ4v) is 4.13. The molecule has 0 aliphatic carbocycles. The molecule has 2 aliphatic rings. The van der Waals surface area contributed by atoms with Crippen molar-refractivity contribution in [3.63, 3.8) is 0 Å². The normalized spacial score (nSPS) is 21.0. The molecule has 7 nitrogen and oxygen atoms in total. The number of hydrogen-bond donors (Lipinski definition) is 1. The van der Waals surface area contributed by atoms with Crippen LogP contribution in [0.15, 0.2) is 12.4 Å². The third-order valence-corrected chi connectivity index (χ3v) is 5.69. The summed E-state index contributed by atoms with van der Waals surface area (Å²) in [6.07, 6.45) is 10.0. The van der Waals surface area contributed by atoms with E-state index < -0.39 is 0 Å². The number of imidazole rings is 1. The van der Waals surface area contributed by atoms with Crippen LogP contribution >= 0.6 is 0 Å². The van der Waals surface area contributed by atoms with E-state index in [-0.39, 0.29) is 0 Å². The van der Waals surface area contributed by atoms with E-state index in [9.17, 15) is 0 Å². The Kier molecular flexibility index (Phi) is 5.12. The Morgan fingerprint density at radius 2 is 1.76 bits per heavy atom. The lowest BCUT2D eigenvalue weighted by Crippen LogP contribution is -2.33. The molecule has 2 aromatic heterocycles. The molecule has 2 fully saturated rings. The van der Waals surface area contributed by atoms with Gasteiger partial charge in [0.25, 0.3) is 0 Å². The number of aromatic nitrogens is 5. The molecule has 0 unspecified atom stereocenters. The highest BCUT2D eigenvalue weighted by Crippen LogP contribution is 2.27. The highest BCUT2D eigenvalue weighted by Gasteiger charge is 2.26. The summed E-state index contributed by atoms with van der Waals surface area (Å²) in [5, 5.41) is 9.06. The Balaban J connectivity index is 1.33. The standard InChI is InChI=1S/C18H29N7/c1-23-17(14-24-9-3-2-4-10-24)21-22-18(23)15-5-11-25(12-6-15)13-16-19-7-8-20-16/h7-8,15H,2-6,9-14H2,1H3,(H,19,20). The Bertz CT molecular complexity index is 649. The van der Waals surface area contributed by atoms with Gasteiger partial charge in [0.05, 0.1) is 13.1 Å². The topological polar surface area (TPSA) is 65.9 Å². The SMILES string of the molecule is Cn1c(CN2CCCCC2)nnc1C1CCN(Cc2ncc[nH]2)CC1. The van der Waals surface area contributed by atoms with Crippen molar-refractivity contribution in [1.82, 2.24) is 34.5 Å². The van der Waals surface area contributed by atoms with Crippen molar-refractivity contribution < 1.29 is 0 Å². The first kappa shape index (κ1) is 16.7. The van der Waals surface area contributed by atoms with Gasteiger partial charge in [-0.1, -0.05) is 6.42 Å². The van der Waals surface area contributed by atoms with E-state index in [1.165, 1.54) is 38.2 Å². The first-order chi connectivity index (χ1) is 12.3. The minimum absolute atomic E-state index is 0.528. The van der Waals surface area contributed by atoms with Gasteiger partial charge in [0.2, 0.25) is 0 Å². The molecule has 0 aromatic carbocycles. The molecule has 25 heavy (non-hydrogen) atoms. The van der Waals surface area contributed by atoms with Crippen molar-refractivity contribution in [1.29, 1.82) is 0 Å². The van der Waals surface area contributed by atoms with Crippen LogP contribution in [0.2, 0.25) is 0 Å². The summed E-state index contributed by atoms with van der Waals surface area (Å²) < 4.78 is 2.25. The predicted octanol–water partition coefficient (Wildman–Crippen LogP) is 1.90. The summed E-state index contributed by atoms with van der Waals surface area (Å²) in [5.74, 6) is 3.88. The zero-order valence-corrected chi connectivity index (χ0v) is 15.2. The van der Waals surface area contributed by atoms with Gasteiger partial charge < -0.3 is 9.55 Å². The number of nitrogens with zero attached hydrogens (tertiary/aromatic N) is 6. The molecule has 136 valence electrons. The van der Waals surface area contributed by atoms with Gasteiger partial charge in [-0.25, -0.2) is 4.98 Å². The number of aromatic amines is 1. The molecule has 0 amide bonds. The highest BCUT2D eigenvalue weighted by molar-refractivity contribution is 5.04. The van der Waals surface area contributed by atoms with Crippen molar-refractivity contribution >= 4 is 0 Å². The van der Waals surface area contributed by atoms with Crippen LogP contribution in [0, 0.1) is 0 Å². The van der Waals surface area contributed by atoms with E-state index in [0.29, 0.717) is 5.92 Å². The molecule has 2 aliphatic heterocycles. The van der Waals surface area contributed by atoms with Crippen LogP contribution in [0.5, 0.6) is 0 Å². The second-order valence-corrected chi connectivity index (χ2v) is 7.46. The number of piperidine rings is 2. The van der Waals surface area contributed by atoms with E-state index in [1.807, 2.05) is 12.4 Å². The molecule has 1 N–H and O–H groups in total. The summed E-state index contributed by atoms with van der Waals surface area (Å²) in [6.45, 7) is 6.46. The molecule has 0 spiro atoms. The summed E-state index contributed by atoms with van der Waals surface area (Å²) in [7, 11) is 2.14. The minimum Gasteiger partial charge on any atom is -0.348 e. The Hall–Kier alpha value is -1.73. The van der Waals surface area contributed by atoms with E-state index in [1.54, 1.807) is 0 Å². The van der Waals surface area contributed by atoms with Crippen LogP contribution in [-0.4, -0.2) is 60.7 Å². The second-order valence-electron chi connectivity index (χ2n) is 7.46. The first-order valence-corrected chi connectivity index (χ1v) is 9.61. The maximum absolute atomic E-state index is 4.55. The van der Waals surface area contributed by atoms with Crippen molar-refractivity contribution in [2.24, 2.45) is 7.05 Å². The Morgan fingerprint density at radius 3 is 2.48 bits per heavy atom. The third-order valence-electron chi connectivity index (χ3n) is 5.69. The summed E-state index contributed by atoms with van der Waals surface area (Å²) in [6, 6.07) is 0. The van der Waals surface area contributed by atoms with Crippen molar-refractivity contribution in [3.05, 3.63) is 29.9 Å². The van der Waals surface area contributed by atoms with Crippen LogP contribution < -0.4 is 0 Å². The number of rotatable bonds is 5. The van der Waals surface area contributed by atoms with Crippen LogP contribution in [-0.2, 0) is 20.1 Å². The molecule has 2 saturated heterocycles. The minimum atomic E-state index is 0.528. The lowest BCUT2D eigenvalue weighted by molar-refractivity contribution is 0.195. The van der Waals surface area contributed by atoms with Gasteiger partial charge in [-0.05, 0) is 51.9 Å². The Morgan fingerprint density at radius 1 is 1.00 bits per heavy atom. The molecule has 0 atom stereocenters. The average Bonchev–Trinajstić information content (AvgIpc) is 3.28. The third kappa shape index (κ3) is 3.93. The zero-order chi connectivity index (χ0) is 17.1. The van der Waals surface area contributed by atoms with Gasteiger partial charge in [0.1, 0.15) is 17.5 Å². The van der Waals surface area contributed by atoms with Gasteiger partial charge in [0, 0.05) is 25.4 Å². The predicted molar refractivity (Wildman–Crippen MR) is 96.0 cm³/mol. The summed E-state index contributed by atoms with van der Waals surface area (Å²) in [4.78, 5) is 12.5. The number of nitrogens with one attached hydrogen (secondary N) is 1. The van der Waals surface area contributed by atoms with Gasteiger partial charge >= 0.3 is 0 Å². The van der Waals surface area contributed by atoms with Crippen LogP contribution in [0.4, 0.5) is 0 Å². The molecule has 0 saturated carbocycles. The molecule has 2 aromatic rings. The summed E-state index contributed by atoms with van der Waals surface area (Å²) >= 11 is 0. The molecular formula is C18H29N7. The lowest BCUT2D eigenvalue weighted by Gasteiger charge is -2.31. The smallest absolute Gasteiger partial charge is 0.146 e. The fraction of sp³-hybridized carbons (Fsp3) is 0.722. The quantitative estimate of drug-likeness (QED) is 0.898. The second kappa shape index (κ2) is 7.66. The monoisotopic (exact) mass is 343 g/mol.